The second kappa shape index (κ2) is 14.6. The van der Waals surface area contributed by atoms with Gasteiger partial charge >= 0.3 is 5.97 Å². The van der Waals surface area contributed by atoms with Gasteiger partial charge in [0.05, 0.1) is 24.9 Å². The lowest BCUT2D eigenvalue weighted by Crippen LogP contribution is -2.60. The number of nitrogens with zero attached hydrogens (tertiary/aromatic N) is 1. The average Bonchev–Trinajstić information content (AvgIpc) is 3.28. The fourth-order valence-electron chi connectivity index (χ4n) is 3.08. The van der Waals surface area contributed by atoms with E-state index in [0.717, 1.165) is 0 Å². The minimum atomic E-state index is -1.53. The van der Waals surface area contributed by atoms with E-state index in [-0.39, 0.29) is 12.8 Å². The first-order valence-corrected chi connectivity index (χ1v) is 11.0. The highest BCUT2D eigenvalue weighted by atomic mass is 16.4. The van der Waals surface area contributed by atoms with Crippen molar-refractivity contribution in [2.24, 2.45) is 17.2 Å². The van der Waals surface area contributed by atoms with Gasteiger partial charge in [-0.2, -0.15) is 0 Å². The highest BCUT2D eigenvalue weighted by Crippen LogP contribution is 2.05. The van der Waals surface area contributed by atoms with Crippen LogP contribution in [0.4, 0.5) is 0 Å². The molecule has 0 radical (unpaired) electrons. The second-order valence-corrected chi connectivity index (χ2v) is 8.03. The molecule has 4 amide bonds. The number of unbranched alkanes of at least 4 members (excludes halogenated alkanes) is 1. The van der Waals surface area contributed by atoms with Gasteiger partial charge in [0.2, 0.25) is 23.6 Å². The molecule has 12 N–H and O–H groups in total. The molecule has 5 atom stereocenters. The maximum atomic E-state index is 13.0. The lowest BCUT2D eigenvalue weighted by Gasteiger charge is -2.26. The van der Waals surface area contributed by atoms with Crippen LogP contribution in [0.3, 0.4) is 0 Å². The summed E-state index contributed by atoms with van der Waals surface area (Å²) < 4.78 is 0. The Kier molecular flexibility index (Phi) is 12.3. The predicted molar refractivity (Wildman–Crippen MR) is 122 cm³/mol. The Morgan fingerprint density at radius 2 is 1.71 bits per heavy atom. The Labute approximate surface area is 201 Å². The number of carboxylic acids is 1. The molecule has 0 fully saturated rings. The summed E-state index contributed by atoms with van der Waals surface area (Å²) >= 11 is 0. The molecule has 0 aliphatic rings. The maximum Gasteiger partial charge on any atom is 0.326 e. The van der Waals surface area contributed by atoms with E-state index in [0.29, 0.717) is 25.1 Å². The van der Waals surface area contributed by atoms with E-state index in [1.165, 1.54) is 19.4 Å². The Morgan fingerprint density at radius 1 is 1.06 bits per heavy atom. The van der Waals surface area contributed by atoms with Crippen molar-refractivity contribution in [1.29, 1.82) is 0 Å². The maximum absolute atomic E-state index is 13.0. The van der Waals surface area contributed by atoms with Gasteiger partial charge in [-0.25, -0.2) is 9.78 Å². The van der Waals surface area contributed by atoms with Crippen molar-refractivity contribution >= 4 is 29.6 Å². The van der Waals surface area contributed by atoms with Crippen molar-refractivity contribution in [2.45, 2.75) is 69.3 Å². The molecule has 1 rings (SSSR count). The number of aliphatic hydroxyl groups is 1. The smallest absolute Gasteiger partial charge is 0.326 e. The molecule has 15 nitrogen and oxygen atoms in total. The van der Waals surface area contributed by atoms with Crippen molar-refractivity contribution < 1.29 is 34.2 Å². The van der Waals surface area contributed by atoms with Gasteiger partial charge in [-0.3, -0.25) is 19.2 Å². The number of aliphatic hydroxyl groups excluding tert-OH is 1. The minimum absolute atomic E-state index is 0.0914. The van der Waals surface area contributed by atoms with Crippen LogP contribution in [-0.2, 0) is 30.4 Å². The number of aromatic nitrogens is 2. The fourth-order valence-corrected chi connectivity index (χ4v) is 3.08. The zero-order valence-corrected chi connectivity index (χ0v) is 19.4. The summed E-state index contributed by atoms with van der Waals surface area (Å²) in [7, 11) is 0. The Hall–Kier alpha value is -3.56. The molecule has 1 aromatic heterocycles. The molecule has 15 heteroatoms. The first kappa shape index (κ1) is 29.5. The van der Waals surface area contributed by atoms with Crippen LogP contribution in [0.15, 0.2) is 12.5 Å². The van der Waals surface area contributed by atoms with Gasteiger partial charge in [0, 0.05) is 18.3 Å². The highest BCUT2D eigenvalue weighted by Gasteiger charge is 2.33. The third kappa shape index (κ3) is 10.5. The monoisotopic (exact) mass is 498 g/mol. The third-order valence-electron chi connectivity index (χ3n) is 4.99. The van der Waals surface area contributed by atoms with Crippen LogP contribution >= 0.6 is 0 Å². The Bertz CT molecular complexity index is 862. The van der Waals surface area contributed by atoms with Crippen LogP contribution in [0.5, 0.6) is 0 Å². The van der Waals surface area contributed by atoms with Gasteiger partial charge in [0.15, 0.2) is 0 Å². The normalized spacial score (nSPS) is 15.2. The standard InChI is InChI=1S/C20H34N8O7/c1-10(29)16(19(33)26-13(20(34)35)4-2-3-5-21)28-18(32)14(6-11-8-24-9-25-11)27-17(31)12(22)7-15(23)30/h8-10,12-14,16,29H,2-7,21-22H2,1H3,(H2,23,30)(H,24,25)(H,26,33)(H,27,31)(H,28,32)(H,34,35). The molecule has 0 aromatic carbocycles. The number of aromatic amines is 1. The number of primary amides is 1. The first-order chi connectivity index (χ1) is 16.5. The summed E-state index contributed by atoms with van der Waals surface area (Å²) in [6.07, 6.45) is 1.93. The molecule has 0 aliphatic carbocycles. The molecular formula is C20H34N8O7. The number of carbonyl (C=O) groups excluding carboxylic acids is 4. The van der Waals surface area contributed by atoms with E-state index in [1.807, 2.05) is 0 Å². The summed E-state index contributed by atoms with van der Waals surface area (Å²) in [4.78, 5) is 67.2. The molecular weight excluding hydrogens is 464 g/mol. The molecule has 35 heavy (non-hydrogen) atoms. The van der Waals surface area contributed by atoms with Crippen LogP contribution in [0, 0.1) is 0 Å². The fraction of sp³-hybridized carbons (Fsp3) is 0.600. The van der Waals surface area contributed by atoms with Gasteiger partial charge < -0.3 is 48.3 Å². The number of carboxylic acid groups (broad SMARTS) is 1. The number of nitrogens with two attached hydrogens (primary N) is 3. The summed E-state index contributed by atoms with van der Waals surface area (Å²) in [5, 5.41) is 26.5. The van der Waals surface area contributed by atoms with Crippen molar-refractivity contribution in [2.75, 3.05) is 6.54 Å². The quantitative estimate of drug-likeness (QED) is 0.100. The molecule has 196 valence electrons. The van der Waals surface area contributed by atoms with Crippen LogP contribution in [0.2, 0.25) is 0 Å². The topological polar surface area (TPSA) is 269 Å². The van der Waals surface area contributed by atoms with E-state index < -0.39 is 66.3 Å². The zero-order valence-electron chi connectivity index (χ0n) is 19.4. The van der Waals surface area contributed by atoms with Gasteiger partial charge in [0.1, 0.15) is 18.1 Å². The summed E-state index contributed by atoms with van der Waals surface area (Å²) in [5.41, 5.74) is 16.6. The summed E-state index contributed by atoms with van der Waals surface area (Å²) in [6.45, 7) is 1.60. The van der Waals surface area contributed by atoms with Crippen LogP contribution in [-0.4, -0.2) is 86.6 Å². The van der Waals surface area contributed by atoms with Gasteiger partial charge in [0.25, 0.3) is 0 Å². The van der Waals surface area contributed by atoms with Crippen LogP contribution in [0.1, 0.15) is 38.3 Å². The van der Waals surface area contributed by atoms with E-state index in [2.05, 4.69) is 25.9 Å². The second-order valence-electron chi connectivity index (χ2n) is 8.03. The molecule has 1 heterocycles. The minimum Gasteiger partial charge on any atom is -0.480 e. The number of H-pyrrole nitrogens is 1. The number of hydrogen-bond donors (Lipinski definition) is 9. The van der Waals surface area contributed by atoms with Gasteiger partial charge in [-0.05, 0) is 32.7 Å². The first-order valence-electron chi connectivity index (χ1n) is 11.0. The average molecular weight is 499 g/mol. The van der Waals surface area contributed by atoms with Crippen LogP contribution in [0.25, 0.3) is 0 Å². The van der Waals surface area contributed by atoms with Gasteiger partial charge in [-0.1, -0.05) is 0 Å². The molecule has 1 aromatic rings. The largest absolute Gasteiger partial charge is 0.480 e. The molecule has 0 spiro atoms. The third-order valence-corrected chi connectivity index (χ3v) is 4.99. The number of carbonyl (C=O) groups is 5. The molecule has 0 bridgehead atoms. The SMILES string of the molecule is CC(O)C(NC(=O)C(Cc1cnc[nH]1)NC(=O)C(N)CC(N)=O)C(=O)NC(CCCCN)C(=O)O. The van der Waals surface area contributed by atoms with Crippen molar-refractivity contribution in [3.63, 3.8) is 0 Å². The lowest BCUT2D eigenvalue weighted by molar-refractivity contribution is -0.143. The van der Waals surface area contributed by atoms with E-state index in [4.69, 9.17) is 17.2 Å². The van der Waals surface area contributed by atoms with E-state index in [9.17, 15) is 34.2 Å². The van der Waals surface area contributed by atoms with E-state index >= 15 is 0 Å². The number of hydrogen-bond acceptors (Lipinski definition) is 9. The van der Waals surface area contributed by atoms with Crippen molar-refractivity contribution in [3.8, 4) is 0 Å². The summed E-state index contributed by atoms with van der Waals surface area (Å²) in [6, 6.07) is -5.38. The lowest BCUT2D eigenvalue weighted by atomic mass is 10.1. The number of amides is 4. The summed E-state index contributed by atoms with van der Waals surface area (Å²) in [5.74, 6) is -4.72. The number of aliphatic carboxylic acids is 1. The molecule has 0 aliphatic heterocycles. The number of rotatable bonds is 16. The van der Waals surface area contributed by atoms with Crippen molar-refractivity contribution in [1.82, 2.24) is 25.9 Å². The van der Waals surface area contributed by atoms with Crippen LogP contribution < -0.4 is 33.2 Å². The molecule has 5 unspecified atom stereocenters. The Morgan fingerprint density at radius 3 is 2.23 bits per heavy atom. The number of nitrogens with one attached hydrogen (secondary N) is 4. The predicted octanol–water partition coefficient (Wildman–Crippen LogP) is -3.80. The highest BCUT2D eigenvalue weighted by molar-refractivity contribution is 5.95. The number of imidazole rings is 1. The Balaban J connectivity index is 2.98. The van der Waals surface area contributed by atoms with Gasteiger partial charge in [-0.15, -0.1) is 0 Å². The zero-order chi connectivity index (χ0) is 26.5. The molecule has 0 saturated carbocycles. The molecule has 0 saturated heterocycles. The van der Waals surface area contributed by atoms with Crippen molar-refractivity contribution in [3.05, 3.63) is 18.2 Å². The van der Waals surface area contributed by atoms with E-state index in [1.54, 1.807) is 0 Å².